The summed E-state index contributed by atoms with van der Waals surface area (Å²) in [6.45, 7) is 2.56. The predicted octanol–water partition coefficient (Wildman–Crippen LogP) is 2.69. The smallest absolute Gasteiger partial charge is 0.272 e. The number of aromatic amines is 1. The lowest BCUT2D eigenvalue weighted by Gasteiger charge is -2.12. The number of rotatable bonds is 4. The molecule has 0 unspecified atom stereocenters. The van der Waals surface area contributed by atoms with Gasteiger partial charge in [-0.05, 0) is 24.6 Å². The molecule has 114 valence electrons. The zero-order valence-corrected chi connectivity index (χ0v) is 12.6. The molecule has 0 saturated heterocycles. The van der Waals surface area contributed by atoms with Crippen LogP contribution >= 0.6 is 0 Å². The fraction of sp³-hybridized carbons (Fsp3) is 0.118. The first-order valence-corrected chi connectivity index (χ1v) is 7.13. The summed E-state index contributed by atoms with van der Waals surface area (Å²) in [5, 5.41) is 11.7. The van der Waals surface area contributed by atoms with Crippen molar-refractivity contribution in [2.24, 2.45) is 0 Å². The Bertz CT molecular complexity index is 884. The Balaban J connectivity index is 1.82. The first kappa shape index (κ1) is 14.6. The Kier molecular flexibility index (Phi) is 3.93. The minimum absolute atomic E-state index is 0.277. The maximum Gasteiger partial charge on any atom is 0.272 e. The van der Waals surface area contributed by atoms with Crippen molar-refractivity contribution in [1.82, 2.24) is 14.5 Å². The average molecular weight is 305 g/mol. The van der Waals surface area contributed by atoms with Crippen molar-refractivity contribution in [3.8, 4) is 6.07 Å². The summed E-state index contributed by atoms with van der Waals surface area (Å²) in [6, 6.07) is 11.1. The standard InChI is InChI=1S/C17H15N5O/c1-12-19-6-7-22(12)11-14-4-2-3-5-15(14)21-17(23)16-8-13(9-18)10-20-16/h2-8,10,20H,11H2,1H3,(H,21,23). The number of imidazole rings is 1. The van der Waals surface area contributed by atoms with Gasteiger partial charge < -0.3 is 14.9 Å². The van der Waals surface area contributed by atoms with Crippen molar-refractivity contribution in [2.45, 2.75) is 13.5 Å². The highest BCUT2D eigenvalue weighted by atomic mass is 16.1. The highest BCUT2D eigenvalue weighted by Gasteiger charge is 2.11. The minimum Gasteiger partial charge on any atom is -0.356 e. The lowest BCUT2D eigenvalue weighted by Crippen LogP contribution is -2.14. The first-order chi connectivity index (χ1) is 11.2. The van der Waals surface area contributed by atoms with Crippen LogP contribution in [-0.2, 0) is 6.54 Å². The Morgan fingerprint density at radius 2 is 2.26 bits per heavy atom. The van der Waals surface area contributed by atoms with E-state index in [9.17, 15) is 4.79 Å². The maximum atomic E-state index is 12.3. The van der Waals surface area contributed by atoms with E-state index in [0.29, 0.717) is 17.8 Å². The van der Waals surface area contributed by atoms with E-state index in [1.54, 1.807) is 6.20 Å². The predicted molar refractivity (Wildman–Crippen MR) is 86.0 cm³/mol. The van der Waals surface area contributed by atoms with E-state index in [4.69, 9.17) is 5.26 Å². The number of nitrogens with zero attached hydrogens (tertiary/aromatic N) is 3. The highest BCUT2D eigenvalue weighted by molar-refractivity contribution is 6.03. The molecule has 0 radical (unpaired) electrons. The summed E-state index contributed by atoms with van der Waals surface area (Å²) in [7, 11) is 0. The fourth-order valence-corrected chi connectivity index (χ4v) is 2.31. The van der Waals surface area contributed by atoms with Gasteiger partial charge in [-0.1, -0.05) is 18.2 Å². The number of H-pyrrole nitrogens is 1. The monoisotopic (exact) mass is 305 g/mol. The molecule has 3 aromatic rings. The Labute approximate surface area is 133 Å². The molecule has 0 fully saturated rings. The number of aromatic nitrogens is 3. The van der Waals surface area contributed by atoms with Crippen LogP contribution in [0.1, 0.15) is 27.4 Å². The van der Waals surface area contributed by atoms with E-state index in [1.807, 2.05) is 48.0 Å². The number of benzene rings is 1. The molecule has 23 heavy (non-hydrogen) atoms. The fourth-order valence-electron chi connectivity index (χ4n) is 2.31. The summed E-state index contributed by atoms with van der Waals surface area (Å²) in [4.78, 5) is 19.3. The number of hydrogen-bond acceptors (Lipinski definition) is 3. The van der Waals surface area contributed by atoms with E-state index >= 15 is 0 Å². The van der Waals surface area contributed by atoms with Gasteiger partial charge in [0.05, 0.1) is 12.1 Å². The van der Waals surface area contributed by atoms with Crippen LogP contribution in [-0.4, -0.2) is 20.4 Å². The highest BCUT2D eigenvalue weighted by Crippen LogP contribution is 2.18. The molecular weight excluding hydrogens is 290 g/mol. The molecule has 2 aromatic heterocycles. The molecule has 6 nitrogen and oxygen atoms in total. The number of nitriles is 1. The summed E-state index contributed by atoms with van der Waals surface area (Å²) in [5.41, 5.74) is 2.50. The van der Waals surface area contributed by atoms with Gasteiger partial charge >= 0.3 is 0 Å². The second-order valence-electron chi connectivity index (χ2n) is 5.13. The average Bonchev–Trinajstić information content (AvgIpc) is 3.19. The van der Waals surface area contributed by atoms with Crippen molar-refractivity contribution in [1.29, 1.82) is 5.26 Å². The van der Waals surface area contributed by atoms with Gasteiger partial charge in [0.1, 0.15) is 17.6 Å². The molecule has 3 rings (SSSR count). The molecule has 2 heterocycles. The molecule has 0 aliphatic heterocycles. The van der Waals surface area contributed by atoms with Crippen molar-refractivity contribution >= 4 is 11.6 Å². The SMILES string of the molecule is Cc1nccn1Cc1ccccc1NC(=O)c1cc(C#N)c[nH]1. The number of aryl methyl sites for hydroxylation is 1. The van der Waals surface area contributed by atoms with E-state index in [1.165, 1.54) is 12.3 Å². The third-order valence-electron chi connectivity index (χ3n) is 3.59. The van der Waals surface area contributed by atoms with Gasteiger partial charge in [-0.3, -0.25) is 4.79 Å². The molecule has 6 heteroatoms. The number of para-hydroxylation sites is 1. The molecule has 1 aromatic carbocycles. The van der Waals surface area contributed by atoms with Crippen molar-refractivity contribution in [3.05, 3.63) is 71.6 Å². The summed E-state index contributed by atoms with van der Waals surface area (Å²) < 4.78 is 2.01. The van der Waals surface area contributed by atoms with Crippen LogP contribution in [0.5, 0.6) is 0 Å². The molecular formula is C17H15N5O. The van der Waals surface area contributed by atoms with Crippen LogP contribution in [0, 0.1) is 18.3 Å². The first-order valence-electron chi connectivity index (χ1n) is 7.13. The van der Waals surface area contributed by atoms with Crippen LogP contribution in [0.15, 0.2) is 48.9 Å². The van der Waals surface area contributed by atoms with Crippen molar-refractivity contribution in [3.63, 3.8) is 0 Å². The van der Waals surface area contributed by atoms with Gasteiger partial charge in [-0.2, -0.15) is 5.26 Å². The number of amides is 1. The van der Waals surface area contributed by atoms with Crippen molar-refractivity contribution in [2.75, 3.05) is 5.32 Å². The zero-order valence-electron chi connectivity index (χ0n) is 12.6. The number of carbonyl (C=O) groups is 1. The third kappa shape index (κ3) is 3.14. The number of nitrogens with one attached hydrogen (secondary N) is 2. The van der Waals surface area contributed by atoms with E-state index < -0.39 is 0 Å². The van der Waals surface area contributed by atoms with Crippen LogP contribution < -0.4 is 5.32 Å². The molecule has 0 aliphatic rings. The topological polar surface area (TPSA) is 86.5 Å². The number of hydrogen-bond donors (Lipinski definition) is 2. The molecule has 0 spiro atoms. The third-order valence-corrected chi connectivity index (χ3v) is 3.59. The number of carbonyl (C=O) groups excluding carboxylic acids is 1. The minimum atomic E-state index is -0.277. The van der Waals surface area contributed by atoms with Crippen LogP contribution in [0.3, 0.4) is 0 Å². The van der Waals surface area contributed by atoms with Crippen LogP contribution in [0.25, 0.3) is 0 Å². The molecule has 0 aliphatic carbocycles. The van der Waals surface area contributed by atoms with Gasteiger partial charge in [-0.25, -0.2) is 4.98 Å². The lowest BCUT2D eigenvalue weighted by molar-refractivity contribution is 0.102. The second-order valence-corrected chi connectivity index (χ2v) is 5.13. The van der Waals surface area contributed by atoms with E-state index in [2.05, 4.69) is 15.3 Å². The van der Waals surface area contributed by atoms with Crippen molar-refractivity contribution < 1.29 is 4.79 Å². The zero-order chi connectivity index (χ0) is 16.2. The lowest BCUT2D eigenvalue weighted by atomic mass is 10.1. The van der Waals surface area contributed by atoms with Gasteiger partial charge in [0.25, 0.3) is 5.91 Å². The number of anilines is 1. The van der Waals surface area contributed by atoms with Gasteiger partial charge in [0.15, 0.2) is 0 Å². The Hall–Kier alpha value is -3.33. The Morgan fingerprint density at radius 1 is 1.43 bits per heavy atom. The Morgan fingerprint density at radius 3 is 2.96 bits per heavy atom. The molecule has 0 bridgehead atoms. The van der Waals surface area contributed by atoms with Crippen LogP contribution in [0.2, 0.25) is 0 Å². The molecule has 2 N–H and O–H groups in total. The quantitative estimate of drug-likeness (QED) is 0.777. The van der Waals surface area contributed by atoms with Gasteiger partial charge in [-0.15, -0.1) is 0 Å². The summed E-state index contributed by atoms with van der Waals surface area (Å²) in [5.74, 6) is 0.635. The molecule has 0 atom stereocenters. The van der Waals surface area contributed by atoms with E-state index in [-0.39, 0.29) is 5.91 Å². The molecule has 0 saturated carbocycles. The largest absolute Gasteiger partial charge is 0.356 e. The van der Waals surface area contributed by atoms with E-state index in [0.717, 1.165) is 17.1 Å². The van der Waals surface area contributed by atoms with Crippen LogP contribution in [0.4, 0.5) is 5.69 Å². The summed E-state index contributed by atoms with van der Waals surface area (Å²) in [6.07, 6.45) is 5.16. The van der Waals surface area contributed by atoms with Gasteiger partial charge in [0.2, 0.25) is 0 Å². The maximum absolute atomic E-state index is 12.3. The molecule has 1 amide bonds. The van der Waals surface area contributed by atoms with Gasteiger partial charge in [0, 0.05) is 24.3 Å². The second kappa shape index (κ2) is 6.20. The summed E-state index contributed by atoms with van der Waals surface area (Å²) >= 11 is 0. The normalized spacial score (nSPS) is 10.3.